The highest BCUT2D eigenvalue weighted by Gasteiger charge is 2.34. The van der Waals surface area contributed by atoms with E-state index in [1.54, 1.807) is 0 Å². The number of nitrogens with one attached hydrogen (secondary N) is 1. The lowest BCUT2D eigenvalue weighted by atomic mass is 9.98. The number of hydrogen-bond acceptors (Lipinski definition) is 3. The van der Waals surface area contributed by atoms with Crippen LogP contribution in [0.2, 0.25) is 0 Å². The lowest BCUT2D eigenvalue weighted by molar-refractivity contribution is -0.122. The third-order valence-corrected chi connectivity index (χ3v) is 4.70. The minimum atomic E-state index is -0.230. The first-order valence-corrected chi connectivity index (χ1v) is 8.04. The third kappa shape index (κ3) is 3.63. The molecule has 1 aromatic rings. The zero-order valence-corrected chi connectivity index (χ0v) is 12.5. The minimum absolute atomic E-state index is 0.0635. The average molecular weight is 287 g/mol. The summed E-state index contributed by atoms with van der Waals surface area (Å²) < 4.78 is 0. The van der Waals surface area contributed by atoms with E-state index < -0.39 is 0 Å². The van der Waals surface area contributed by atoms with Crippen molar-refractivity contribution in [3.8, 4) is 0 Å². The smallest absolute Gasteiger partial charge is 0.228 e. The van der Waals surface area contributed by atoms with Crippen molar-refractivity contribution < 1.29 is 4.79 Å². The van der Waals surface area contributed by atoms with Gasteiger partial charge in [0, 0.05) is 25.7 Å². The van der Waals surface area contributed by atoms with Crippen molar-refractivity contribution in [2.45, 2.75) is 31.2 Å². The normalized spacial score (nSPS) is 24.0. The molecule has 4 nitrogen and oxygen atoms in total. The number of nitrogens with two attached hydrogens (primary N) is 1. The van der Waals surface area contributed by atoms with Gasteiger partial charge in [0.15, 0.2) is 0 Å². The van der Waals surface area contributed by atoms with E-state index in [1.165, 1.54) is 25.8 Å². The van der Waals surface area contributed by atoms with Crippen molar-refractivity contribution in [2.75, 3.05) is 26.2 Å². The van der Waals surface area contributed by atoms with Gasteiger partial charge < -0.3 is 16.0 Å². The molecule has 1 heterocycles. The topological polar surface area (TPSA) is 58.4 Å². The largest absolute Gasteiger partial charge is 0.355 e. The molecule has 4 heteroatoms. The van der Waals surface area contributed by atoms with Crippen LogP contribution in [0, 0.1) is 5.92 Å². The van der Waals surface area contributed by atoms with Crippen LogP contribution < -0.4 is 11.1 Å². The summed E-state index contributed by atoms with van der Waals surface area (Å²) in [5, 5.41) is 3.11. The lowest BCUT2D eigenvalue weighted by Crippen LogP contribution is -2.37. The second-order valence-corrected chi connectivity index (χ2v) is 6.32. The maximum Gasteiger partial charge on any atom is 0.228 e. The average Bonchev–Trinajstić information content (AvgIpc) is 3.26. The number of hydrogen-bond donors (Lipinski definition) is 2. The zero-order valence-electron chi connectivity index (χ0n) is 12.5. The Labute approximate surface area is 126 Å². The number of likely N-dealkylation sites (tertiary alicyclic amines) is 1. The van der Waals surface area contributed by atoms with E-state index in [4.69, 9.17) is 5.73 Å². The van der Waals surface area contributed by atoms with Crippen LogP contribution in [0.5, 0.6) is 0 Å². The van der Waals surface area contributed by atoms with E-state index in [0.29, 0.717) is 12.5 Å². The van der Waals surface area contributed by atoms with Gasteiger partial charge in [0.05, 0.1) is 5.92 Å². The molecule has 2 fully saturated rings. The molecule has 1 saturated heterocycles. The van der Waals surface area contributed by atoms with Crippen molar-refractivity contribution in [3.05, 3.63) is 35.9 Å². The Morgan fingerprint density at radius 3 is 2.71 bits per heavy atom. The fourth-order valence-electron chi connectivity index (χ4n) is 3.25. The maximum atomic E-state index is 12.4. The Bertz CT molecular complexity index is 472. The standard InChI is InChI=1S/C17H25N3O/c18-10-16(14-4-2-1-3-5-14)17(21)19-11-13-8-9-20(12-13)15-6-7-15/h1-5,13,15-16H,6-12,18H2,(H,19,21). The molecular weight excluding hydrogens is 262 g/mol. The molecule has 2 unspecified atom stereocenters. The van der Waals surface area contributed by atoms with Crippen molar-refractivity contribution in [2.24, 2.45) is 11.7 Å². The quantitative estimate of drug-likeness (QED) is 0.830. The van der Waals surface area contributed by atoms with Crippen LogP contribution in [-0.2, 0) is 4.79 Å². The fraction of sp³-hybridized carbons (Fsp3) is 0.588. The monoisotopic (exact) mass is 287 g/mol. The second-order valence-electron chi connectivity index (χ2n) is 6.32. The van der Waals surface area contributed by atoms with Gasteiger partial charge in [-0.1, -0.05) is 30.3 Å². The molecule has 0 spiro atoms. The first-order valence-electron chi connectivity index (χ1n) is 8.04. The van der Waals surface area contributed by atoms with Crippen LogP contribution in [0.15, 0.2) is 30.3 Å². The third-order valence-electron chi connectivity index (χ3n) is 4.70. The summed E-state index contributed by atoms with van der Waals surface area (Å²) in [6, 6.07) is 10.7. The predicted octanol–water partition coefficient (Wildman–Crippen LogP) is 1.33. The van der Waals surface area contributed by atoms with E-state index >= 15 is 0 Å². The van der Waals surface area contributed by atoms with Gasteiger partial charge in [-0.3, -0.25) is 4.79 Å². The summed E-state index contributed by atoms with van der Waals surface area (Å²) in [5.74, 6) is 0.435. The van der Waals surface area contributed by atoms with Crippen LogP contribution in [0.25, 0.3) is 0 Å². The lowest BCUT2D eigenvalue weighted by Gasteiger charge is -2.18. The number of benzene rings is 1. The number of carbonyl (C=O) groups is 1. The Kier molecular flexibility index (Phi) is 4.56. The molecule has 0 bridgehead atoms. The predicted molar refractivity (Wildman–Crippen MR) is 83.9 cm³/mol. The van der Waals surface area contributed by atoms with Gasteiger partial charge in [-0.15, -0.1) is 0 Å². The molecule has 3 rings (SSSR count). The molecule has 1 aromatic carbocycles. The molecule has 0 aromatic heterocycles. The number of rotatable bonds is 6. The van der Waals surface area contributed by atoms with Crippen molar-refractivity contribution in [1.82, 2.24) is 10.2 Å². The molecule has 1 amide bonds. The molecular formula is C17H25N3O. The van der Waals surface area contributed by atoms with Gasteiger partial charge in [-0.25, -0.2) is 0 Å². The van der Waals surface area contributed by atoms with Crippen LogP contribution in [-0.4, -0.2) is 43.0 Å². The Morgan fingerprint density at radius 2 is 2.05 bits per heavy atom. The van der Waals surface area contributed by atoms with Crippen molar-refractivity contribution >= 4 is 5.91 Å². The van der Waals surface area contributed by atoms with E-state index in [9.17, 15) is 4.79 Å². The van der Waals surface area contributed by atoms with Gasteiger partial charge in [0.2, 0.25) is 5.91 Å². The van der Waals surface area contributed by atoms with Gasteiger partial charge in [0.25, 0.3) is 0 Å². The van der Waals surface area contributed by atoms with Crippen LogP contribution in [0.1, 0.15) is 30.7 Å². The zero-order chi connectivity index (χ0) is 14.7. The number of amides is 1. The summed E-state index contributed by atoms with van der Waals surface area (Å²) >= 11 is 0. The first-order chi connectivity index (χ1) is 10.3. The Morgan fingerprint density at radius 1 is 1.29 bits per heavy atom. The Balaban J connectivity index is 1.49. The maximum absolute atomic E-state index is 12.4. The van der Waals surface area contributed by atoms with Crippen LogP contribution in [0.3, 0.4) is 0 Å². The van der Waals surface area contributed by atoms with Gasteiger partial charge in [0.1, 0.15) is 0 Å². The number of carbonyl (C=O) groups excluding carboxylic acids is 1. The molecule has 2 atom stereocenters. The summed E-state index contributed by atoms with van der Waals surface area (Å²) in [7, 11) is 0. The van der Waals surface area contributed by atoms with Gasteiger partial charge in [-0.05, 0) is 37.3 Å². The Hall–Kier alpha value is -1.39. The molecule has 114 valence electrons. The van der Waals surface area contributed by atoms with Crippen molar-refractivity contribution in [1.29, 1.82) is 0 Å². The summed E-state index contributed by atoms with van der Waals surface area (Å²) in [4.78, 5) is 14.9. The molecule has 3 N–H and O–H groups in total. The molecule has 1 aliphatic carbocycles. The summed E-state index contributed by atoms with van der Waals surface area (Å²) in [5.41, 5.74) is 6.79. The highest BCUT2D eigenvalue weighted by Crippen LogP contribution is 2.31. The number of nitrogens with zero attached hydrogens (tertiary/aromatic N) is 1. The van der Waals surface area contributed by atoms with E-state index in [0.717, 1.165) is 24.7 Å². The van der Waals surface area contributed by atoms with E-state index in [2.05, 4.69) is 10.2 Å². The second kappa shape index (κ2) is 6.58. The highest BCUT2D eigenvalue weighted by molar-refractivity contribution is 5.83. The molecule has 1 aliphatic heterocycles. The molecule has 1 saturated carbocycles. The van der Waals surface area contributed by atoms with Crippen LogP contribution >= 0.6 is 0 Å². The SMILES string of the molecule is NCC(C(=O)NCC1CCN(C2CC2)C1)c1ccccc1. The van der Waals surface area contributed by atoms with Crippen molar-refractivity contribution in [3.63, 3.8) is 0 Å². The fourth-order valence-corrected chi connectivity index (χ4v) is 3.25. The van der Waals surface area contributed by atoms with Crippen LogP contribution in [0.4, 0.5) is 0 Å². The first kappa shape index (κ1) is 14.5. The summed E-state index contributed by atoms with van der Waals surface area (Å²) in [6.07, 6.45) is 3.93. The van der Waals surface area contributed by atoms with Gasteiger partial charge >= 0.3 is 0 Å². The summed E-state index contributed by atoms with van der Waals surface area (Å²) in [6.45, 7) is 3.48. The molecule has 0 radical (unpaired) electrons. The van der Waals surface area contributed by atoms with E-state index in [-0.39, 0.29) is 11.8 Å². The molecule has 21 heavy (non-hydrogen) atoms. The highest BCUT2D eigenvalue weighted by atomic mass is 16.1. The van der Waals surface area contributed by atoms with Gasteiger partial charge in [-0.2, -0.15) is 0 Å². The van der Waals surface area contributed by atoms with E-state index in [1.807, 2.05) is 30.3 Å². The minimum Gasteiger partial charge on any atom is -0.355 e. The molecule has 2 aliphatic rings.